The van der Waals surface area contributed by atoms with Crippen molar-refractivity contribution in [2.24, 2.45) is 0 Å². The number of anilines is 1. The van der Waals surface area contributed by atoms with Crippen LogP contribution < -0.4 is 5.32 Å². The number of hydrogen-bond acceptors (Lipinski definition) is 6. The van der Waals surface area contributed by atoms with Gasteiger partial charge in [0.25, 0.3) is 0 Å². The van der Waals surface area contributed by atoms with E-state index in [0.717, 1.165) is 16.3 Å². The van der Waals surface area contributed by atoms with E-state index < -0.39 is 5.25 Å². The van der Waals surface area contributed by atoms with E-state index in [1.165, 1.54) is 18.7 Å². The number of benzene rings is 2. The van der Waals surface area contributed by atoms with Crippen LogP contribution in [0.5, 0.6) is 0 Å². The Balaban J connectivity index is 1.54. The second-order valence-electron chi connectivity index (χ2n) is 7.24. The maximum absolute atomic E-state index is 12.8. The van der Waals surface area contributed by atoms with E-state index in [1.54, 1.807) is 35.6 Å². The molecule has 1 amide bonds. The van der Waals surface area contributed by atoms with Crippen molar-refractivity contribution in [2.45, 2.75) is 30.8 Å². The fourth-order valence-corrected chi connectivity index (χ4v) is 4.71. The highest BCUT2D eigenvalue weighted by Crippen LogP contribution is 2.30. The molecular weight excluding hydrogens is 440 g/mol. The summed E-state index contributed by atoms with van der Waals surface area (Å²) in [6.45, 7) is 3.95. The quantitative estimate of drug-likeness (QED) is 0.281. The Morgan fingerprint density at radius 3 is 2.59 bits per heavy atom. The number of thiophene rings is 1. The molecule has 2 aromatic carbocycles. The first-order valence-electron chi connectivity index (χ1n) is 10.1. The Hall–Kier alpha value is -3.23. The molecule has 32 heavy (non-hydrogen) atoms. The predicted molar refractivity (Wildman–Crippen MR) is 129 cm³/mol. The number of ketones is 1. The number of carbonyl (C=O) groups is 2. The van der Waals surface area contributed by atoms with Crippen LogP contribution in [-0.2, 0) is 11.3 Å². The Morgan fingerprint density at radius 1 is 1.06 bits per heavy atom. The maximum atomic E-state index is 12.8. The van der Waals surface area contributed by atoms with E-state index in [9.17, 15) is 9.59 Å². The Kier molecular flexibility index (Phi) is 6.82. The van der Waals surface area contributed by atoms with Crippen molar-refractivity contribution in [3.63, 3.8) is 0 Å². The molecule has 0 spiro atoms. The smallest absolute Gasteiger partial charge is 0.237 e. The van der Waals surface area contributed by atoms with Crippen LogP contribution in [0, 0.1) is 0 Å². The van der Waals surface area contributed by atoms with Gasteiger partial charge in [0.05, 0.1) is 16.7 Å². The van der Waals surface area contributed by atoms with Gasteiger partial charge in [0.1, 0.15) is 0 Å². The normalized spacial score (nSPS) is 11.8. The monoisotopic (exact) mass is 462 g/mol. The molecule has 162 valence electrons. The molecule has 4 aromatic rings. The van der Waals surface area contributed by atoms with Crippen molar-refractivity contribution in [3.8, 4) is 10.7 Å². The van der Waals surface area contributed by atoms with Gasteiger partial charge in [-0.25, -0.2) is 0 Å². The van der Waals surface area contributed by atoms with Gasteiger partial charge >= 0.3 is 0 Å². The summed E-state index contributed by atoms with van der Waals surface area (Å²) in [5.41, 5.74) is 2.29. The summed E-state index contributed by atoms with van der Waals surface area (Å²) < 4.78 is 2.05. The van der Waals surface area contributed by atoms with Gasteiger partial charge in [0, 0.05) is 11.3 Å². The molecule has 0 aliphatic rings. The standard InChI is InChI=1S/C24H22N4O2S2/c1-16(29)19-10-6-11-20(14-19)25-23(30)17(2)32-24-27-26-22(21-12-7-13-31-21)28(24)15-18-8-4-3-5-9-18/h3-14,17H,15H2,1-2H3,(H,25,30). The van der Waals surface area contributed by atoms with Gasteiger partial charge < -0.3 is 5.32 Å². The van der Waals surface area contributed by atoms with E-state index in [4.69, 9.17) is 0 Å². The molecular formula is C24H22N4O2S2. The molecule has 2 heterocycles. The number of thioether (sulfide) groups is 1. The van der Waals surface area contributed by atoms with E-state index >= 15 is 0 Å². The molecule has 2 aromatic heterocycles. The largest absolute Gasteiger partial charge is 0.325 e. The summed E-state index contributed by atoms with van der Waals surface area (Å²) in [4.78, 5) is 25.5. The number of nitrogens with zero attached hydrogens (tertiary/aromatic N) is 3. The van der Waals surface area contributed by atoms with Crippen LogP contribution in [0.2, 0.25) is 0 Å². The molecule has 1 unspecified atom stereocenters. The van der Waals surface area contributed by atoms with Crippen molar-refractivity contribution in [1.82, 2.24) is 14.8 Å². The highest BCUT2D eigenvalue weighted by Gasteiger charge is 2.21. The van der Waals surface area contributed by atoms with E-state index in [-0.39, 0.29) is 11.7 Å². The van der Waals surface area contributed by atoms with Crippen molar-refractivity contribution in [3.05, 3.63) is 83.2 Å². The van der Waals surface area contributed by atoms with Gasteiger partial charge in [0.2, 0.25) is 5.91 Å². The van der Waals surface area contributed by atoms with Crippen LogP contribution in [0.1, 0.15) is 29.8 Å². The maximum Gasteiger partial charge on any atom is 0.237 e. The number of rotatable bonds is 8. The van der Waals surface area contributed by atoms with Crippen molar-refractivity contribution in [1.29, 1.82) is 0 Å². The minimum atomic E-state index is -0.411. The van der Waals surface area contributed by atoms with E-state index in [1.807, 2.05) is 47.2 Å². The van der Waals surface area contributed by atoms with Gasteiger partial charge in [-0.3, -0.25) is 14.2 Å². The molecule has 0 radical (unpaired) electrons. The fourth-order valence-electron chi connectivity index (χ4n) is 3.14. The first-order chi connectivity index (χ1) is 15.5. The lowest BCUT2D eigenvalue weighted by Gasteiger charge is -2.14. The number of carbonyl (C=O) groups excluding carboxylic acids is 2. The summed E-state index contributed by atoms with van der Waals surface area (Å²) in [6, 6.07) is 21.1. The van der Waals surface area contributed by atoms with Crippen LogP contribution >= 0.6 is 23.1 Å². The lowest BCUT2D eigenvalue weighted by molar-refractivity contribution is -0.115. The zero-order valence-corrected chi connectivity index (χ0v) is 19.3. The summed E-state index contributed by atoms with van der Waals surface area (Å²) in [5, 5.41) is 14.0. The number of hydrogen-bond donors (Lipinski definition) is 1. The van der Waals surface area contributed by atoms with Crippen LogP contribution in [0.4, 0.5) is 5.69 Å². The molecule has 4 rings (SSSR count). The number of amides is 1. The summed E-state index contributed by atoms with van der Waals surface area (Å²) >= 11 is 2.97. The van der Waals surface area contributed by atoms with Crippen LogP contribution in [0.3, 0.4) is 0 Å². The molecule has 1 N–H and O–H groups in total. The van der Waals surface area contributed by atoms with E-state index in [2.05, 4.69) is 27.6 Å². The molecule has 0 aliphatic carbocycles. The Morgan fingerprint density at radius 2 is 1.88 bits per heavy atom. The second-order valence-corrected chi connectivity index (χ2v) is 9.50. The summed E-state index contributed by atoms with van der Waals surface area (Å²) in [6.07, 6.45) is 0. The molecule has 6 nitrogen and oxygen atoms in total. The SMILES string of the molecule is CC(=O)c1cccc(NC(=O)C(C)Sc2nnc(-c3cccs3)n2Cc2ccccc2)c1. The number of aromatic nitrogens is 3. The zero-order valence-electron chi connectivity index (χ0n) is 17.7. The molecule has 1 atom stereocenters. The minimum Gasteiger partial charge on any atom is -0.325 e. The average Bonchev–Trinajstić information content (AvgIpc) is 3.45. The molecule has 0 bridgehead atoms. The lowest BCUT2D eigenvalue weighted by Crippen LogP contribution is -2.23. The van der Waals surface area contributed by atoms with Gasteiger partial charge in [0.15, 0.2) is 16.8 Å². The van der Waals surface area contributed by atoms with Crippen molar-refractivity contribution in [2.75, 3.05) is 5.32 Å². The Labute approximate surface area is 194 Å². The average molecular weight is 463 g/mol. The Bertz CT molecular complexity index is 1220. The molecule has 0 saturated heterocycles. The minimum absolute atomic E-state index is 0.0429. The van der Waals surface area contributed by atoms with E-state index in [0.29, 0.717) is 23.0 Å². The second kappa shape index (κ2) is 9.93. The highest BCUT2D eigenvalue weighted by atomic mass is 32.2. The topological polar surface area (TPSA) is 76.9 Å². The van der Waals surface area contributed by atoms with Crippen molar-refractivity contribution < 1.29 is 9.59 Å². The molecule has 0 aliphatic heterocycles. The molecule has 8 heteroatoms. The predicted octanol–water partition coefficient (Wildman–Crippen LogP) is 5.38. The molecule has 0 fully saturated rings. The summed E-state index contributed by atoms with van der Waals surface area (Å²) in [5.74, 6) is 0.578. The van der Waals surface area contributed by atoms with Crippen LogP contribution in [0.25, 0.3) is 10.7 Å². The van der Waals surface area contributed by atoms with Crippen LogP contribution in [0.15, 0.2) is 77.3 Å². The van der Waals surface area contributed by atoms with Gasteiger partial charge in [-0.15, -0.1) is 21.5 Å². The fraction of sp³-hybridized carbons (Fsp3) is 0.167. The third-order valence-electron chi connectivity index (χ3n) is 4.83. The summed E-state index contributed by atoms with van der Waals surface area (Å²) in [7, 11) is 0. The number of Topliss-reactive ketones (excluding diaryl/α,β-unsaturated/α-hetero) is 1. The highest BCUT2D eigenvalue weighted by molar-refractivity contribution is 8.00. The first-order valence-corrected chi connectivity index (χ1v) is 11.9. The van der Waals surface area contributed by atoms with Gasteiger partial charge in [-0.2, -0.15) is 0 Å². The third kappa shape index (κ3) is 5.15. The van der Waals surface area contributed by atoms with Gasteiger partial charge in [-0.1, -0.05) is 60.3 Å². The third-order valence-corrected chi connectivity index (χ3v) is 6.78. The zero-order chi connectivity index (χ0) is 22.5. The molecule has 0 saturated carbocycles. The van der Waals surface area contributed by atoms with Crippen molar-refractivity contribution >= 4 is 40.5 Å². The first kappa shape index (κ1) is 22.0. The lowest BCUT2D eigenvalue weighted by atomic mass is 10.1. The number of nitrogens with one attached hydrogen (secondary N) is 1. The van der Waals surface area contributed by atoms with Gasteiger partial charge in [-0.05, 0) is 43.0 Å². The van der Waals surface area contributed by atoms with Crippen LogP contribution in [-0.4, -0.2) is 31.7 Å².